The fraction of sp³-hybridized carbons (Fsp3) is 0.200. The van der Waals surface area contributed by atoms with Crippen LogP contribution in [0, 0.1) is 0 Å². The highest BCUT2D eigenvalue weighted by Crippen LogP contribution is 2.22. The van der Waals surface area contributed by atoms with Crippen molar-refractivity contribution in [3.8, 4) is 5.75 Å². The molecule has 2 N–H and O–H groups in total. The van der Waals surface area contributed by atoms with Crippen LogP contribution in [-0.4, -0.2) is 57.9 Å². The maximum absolute atomic E-state index is 12.8. The SMILES string of the molecule is O=C(c1cc2ccc(Br)cc2[nH]1)N1CCN(C(=O)c2ccccc2O)CC1. The van der Waals surface area contributed by atoms with E-state index in [1.807, 2.05) is 24.3 Å². The van der Waals surface area contributed by atoms with Crippen molar-refractivity contribution < 1.29 is 14.7 Å². The normalized spacial score (nSPS) is 14.6. The van der Waals surface area contributed by atoms with E-state index < -0.39 is 0 Å². The molecule has 0 bridgehead atoms. The van der Waals surface area contributed by atoms with Gasteiger partial charge in [0.2, 0.25) is 0 Å². The molecule has 0 atom stereocenters. The van der Waals surface area contributed by atoms with Crippen molar-refractivity contribution in [2.75, 3.05) is 26.2 Å². The molecule has 0 spiro atoms. The average molecular weight is 428 g/mol. The topological polar surface area (TPSA) is 76.6 Å². The molecule has 1 aliphatic heterocycles. The number of rotatable bonds is 2. The Balaban J connectivity index is 1.44. The number of halogens is 1. The molecule has 7 heteroatoms. The first kappa shape index (κ1) is 17.6. The van der Waals surface area contributed by atoms with Gasteiger partial charge in [0, 0.05) is 41.6 Å². The summed E-state index contributed by atoms with van der Waals surface area (Å²) in [5.74, 6) is -0.308. The van der Waals surface area contributed by atoms with Gasteiger partial charge in [0.1, 0.15) is 11.4 Å². The summed E-state index contributed by atoms with van der Waals surface area (Å²) in [5.41, 5.74) is 1.74. The van der Waals surface area contributed by atoms with Gasteiger partial charge >= 0.3 is 0 Å². The lowest BCUT2D eigenvalue weighted by molar-refractivity contribution is 0.0531. The molecule has 2 aromatic carbocycles. The van der Waals surface area contributed by atoms with Crippen molar-refractivity contribution in [3.05, 3.63) is 64.3 Å². The molecule has 27 heavy (non-hydrogen) atoms. The maximum atomic E-state index is 12.8. The molecule has 0 radical (unpaired) electrons. The Morgan fingerprint density at radius 1 is 0.926 bits per heavy atom. The second-order valence-electron chi connectivity index (χ2n) is 6.52. The van der Waals surface area contributed by atoms with Crippen LogP contribution >= 0.6 is 15.9 Å². The quantitative estimate of drug-likeness (QED) is 0.658. The third-order valence-electron chi connectivity index (χ3n) is 4.80. The van der Waals surface area contributed by atoms with Gasteiger partial charge in [0.25, 0.3) is 11.8 Å². The van der Waals surface area contributed by atoms with Crippen LogP contribution in [0.3, 0.4) is 0 Å². The number of nitrogens with one attached hydrogen (secondary N) is 1. The third-order valence-corrected chi connectivity index (χ3v) is 5.30. The Hall–Kier alpha value is -2.80. The molecule has 2 amide bonds. The van der Waals surface area contributed by atoms with Crippen molar-refractivity contribution in [3.63, 3.8) is 0 Å². The number of aromatic hydroxyl groups is 1. The first-order valence-electron chi connectivity index (χ1n) is 8.68. The van der Waals surface area contributed by atoms with Crippen LogP contribution in [0.15, 0.2) is 53.0 Å². The highest BCUT2D eigenvalue weighted by Gasteiger charge is 2.27. The van der Waals surface area contributed by atoms with Crippen LogP contribution < -0.4 is 0 Å². The van der Waals surface area contributed by atoms with Crippen molar-refractivity contribution in [2.45, 2.75) is 0 Å². The summed E-state index contributed by atoms with van der Waals surface area (Å²) in [6, 6.07) is 14.2. The van der Waals surface area contributed by atoms with E-state index in [0.717, 1.165) is 15.4 Å². The molecule has 1 fully saturated rings. The molecule has 2 heterocycles. The second-order valence-corrected chi connectivity index (χ2v) is 7.43. The van der Waals surface area contributed by atoms with Crippen molar-refractivity contribution in [1.29, 1.82) is 0 Å². The molecule has 4 rings (SSSR count). The summed E-state index contributed by atoms with van der Waals surface area (Å²) >= 11 is 3.43. The molecule has 0 saturated carbocycles. The predicted molar refractivity (Wildman–Crippen MR) is 106 cm³/mol. The number of hydrogen-bond donors (Lipinski definition) is 2. The van der Waals surface area contributed by atoms with Gasteiger partial charge in [-0.2, -0.15) is 0 Å². The molecular weight excluding hydrogens is 410 g/mol. The van der Waals surface area contributed by atoms with E-state index in [4.69, 9.17) is 0 Å². The van der Waals surface area contributed by atoms with Gasteiger partial charge in [-0.1, -0.05) is 34.1 Å². The number of H-pyrrole nitrogens is 1. The molecule has 1 aliphatic rings. The van der Waals surface area contributed by atoms with Crippen molar-refractivity contribution in [2.24, 2.45) is 0 Å². The number of para-hydroxylation sites is 1. The van der Waals surface area contributed by atoms with Crippen LogP contribution in [0.1, 0.15) is 20.8 Å². The van der Waals surface area contributed by atoms with Gasteiger partial charge < -0.3 is 19.9 Å². The first-order valence-corrected chi connectivity index (χ1v) is 9.47. The van der Waals surface area contributed by atoms with Gasteiger partial charge in [0.15, 0.2) is 0 Å². The Morgan fingerprint density at radius 2 is 1.59 bits per heavy atom. The standard InChI is InChI=1S/C20H18BrN3O3/c21-14-6-5-13-11-17(22-16(13)12-14)20(27)24-9-7-23(8-10-24)19(26)15-3-1-2-4-18(15)25/h1-6,11-12,22,25H,7-10H2. The zero-order valence-electron chi connectivity index (χ0n) is 14.5. The minimum Gasteiger partial charge on any atom is -0.507 e. The first-order chi connectivity index (χ1) is 13.0. The van der Waals surface area contributed by atoms with E-state index in [2.05, 4.69) is 20.9 Å². The lowest BCUT2D eigenvalue weighted by Crippen LogP contribution is -2.50. The minimum absolute atomic E-state index is 0.0229. The molecule has 1 saturated heterocycles. The Kier molecular flexibility index (Phi) is 4.61. The number of aromatic amines is 1. The van der Waals surface area contributed by atoms with Gasteiger partial charge in [-0.15, -0.1) is 0 Å². The Morgan fingerprint density at radius 3 is 2.30 bits per heavy atom. The predicted octanol–water partition coefficient (Wildman–Crippen LogP) is 3.23. The lowest BCUT2D eigenvalue weighted by atomic mass is 10.1. The van der Waals surface area contributed by atoms with E-state index in [1.165, 1.54) is 6.07 Å². The van der Waals surface area contributed by atoms with Gasteiger partial charge in [-0.3, -0.25) is 9.59 Å². The van der Waals surface area contributed by atoms with E-state index in [9.17, 15) is 14.7 Å². The van der Waals surface area contributed by atoms with E-state index in [-0.39, 0.29) is 17.6 Å². The molecule has 138 valence electrons. The maximum Gasteiger partial charge on any atom is 0.270 e. The van der Waals surface area contributed by atoms with Crippen LogP contribution in [0.2, 0.25) is 0 Å². The number of phenols is 1. The number of amides is 2. The summed E-state index contributed by atoms with van der Waals surface area (Å²) in [6.07, 6.45) is 0. The molecule has 0 aliphatic carbocycles. The second kappa shape index (κ2) is 7.08. The number of piperazine rings is 1. The average Bonchev–Trinajstić information content (AvgIpc) is 3.10. The number of carbonyl (C=O) groups is 2. The zero-order chi connectivity index (χ0) is 19.0. The number of benzene rings is 2. The summed E-state index contributed by atoms with van der Waals surface area (Å²) < 4.78 is 0.951. The van der Waals surface area contributed by atoms with Crippen molar-refractivity contribution >= 4 is 38.6 Å². The van der Waals surface area contributed by atoms with Gasteiger partial charge in [-0.05, 0) is 30.3 Å². The molecule has 0 unspecified atom stereocenters. The summed E-state index contributed by atoms with van der Waals surface area (Å²) in [5, 5.41) is 10.9. The molecule has 1 aromatic heterocycles. The third kappa shape index (κ3) is 3.42. The Labute approximate surface area is 164 Å². The number of hydrogen-bond acceptors (Lipinski definition) is 3. The van der Waals surface area contributed by atoms with Gasteiger partial charge in [-0.25, -0.2) is 0 Å². The van der Waals surface area contributed by atoms with Crippen molar-refractivity contribution in [1.82, 2.24) is 14.8 Å². The number of nitrogens with zero attached hydrogens (tertiary/aromatic N) is 2. The number of aromatic nitrogens is 1. The van der Waals surface area contributed by atoms with Crippen LogP contribution in [0.5, 0.6) is 5.75 Å². The zero-order valence-corrected chi connectivity index (χ0v) is 16.1. The molecule has 6 nitrogen and oxygen atoms in total. The van der Waals surface area contributed by atoms with E-state index in [0.29, 0.717) is 37.4 Å². The summed E-state index contributed by atoms with van der Waals surface area (Å²) in [4.78, 5) is 31.9. The number of phenolic OH excluding ortho intramolecular Hbond substituents is 1. The largest absolute Gasteiger partial charge is 0.507 e. The monoisotopic (exact) mass is 427 g/mol. The van der Waals surface area contributed by atoms with E-state index >= 15 is 0 Å². The summed E-state index contributed by atoms with van der Waals surface area (Å²) in [7, 11) is 0. The smallest absolute Gasteiger partial charge is 0.270 e. The summed E-state index contributed by atoms with van der Waals surface area (Å²) in [6.45, 7) is 1.78. The van der Waals surface area contributed by atoms with Crippen LogP contribution in [0.4, 0.5) is 0 Å². The van der Waals surface area contributed by atoms with E-state index in [1.54, 1.807) is 28.0 Å². The lowest BCUT2D eigenvalue weighted by Gasteiger charge is -2.34. The van der Waals surface area contributed by atoms with Crippen LogP contribution in [0.25, 0.3) is 10.9 Å². The highest BCUT2D eigenvalue weighted by atomic mass is 79.9. The van der Waals surface area contributed by atoms with Gasteiger partial charge in [0.05, 0.1) is 5.56 Å². The Bertz CT molecular complexity index is 1020. The highest BCUT2D eigenvalue weighted by molar-refractivity contribution is 9.10. The minimum atomic E-state index is -0.212. The number of carbonyl (C=O) groups excluding carboxylic acids is 2. The fourth-order valence-corrected chi connectivity index (χ4v) is 3.68. The van der Waals surface area contributed by atoms with Crippen LogP contribution in [-0.2, 0) is 0 Å². The molecule has 3 aromatic rings. The molecular formula is C20H18BrN3O3. The number of fused-ring (bicyclic) bond motifs is 1. The fourth-order valence-electron chi connectivity index (χ4n) is 3.32.